The summed E-state index contributed by atoms with van der Waals surface area (Å²) in [6, 6.07) is 0. The SMILES string of the molecule is Cl.Cl.NCCCC(=O)NCCCN1CCOCC1. The Balaban J connectivity index is 0. The van der Waals surface area contributed by atoms with Gasteiger partial charge in [-0.1, -0.05) is 0 Å². The number of carbonyl (C=O) groups excluding carboxylic acids is 1. The van der Waals surface area contributed by atoms with Gasteiger partial charge in [-0.05, 0) is 25.9 Å². The van der Waals surface area contributed by atoms with E-state index in [0.29, 0.717) is 13.0 Å². The molecule has 1 heterocycles. The molecule has 0 radical (unpaired) electrons. The molecule has 18 heavy (non-hydrogen) atoms. The molecule has 0 aromatic heterocycles. The third-order valence-corrected chi connectivity index (χ3v) is 2.68. The Hall–Kier alpha value is -0.0700. The highest BCUT2D eigenvalue weighted by Gasteiger charge is 2.09. The van der Waals surface area contributed by atoms with Crippen LogP contribution in [0.2, 0.25) is 0 Å². The molecule has 1 aliphatic heterocycles. The maximum atomic E-state index is 11.3. The van der Waals surface area contributed by atoms with Crippen LogP contribution in [0.15, 0.2) is 0 Å². The molecule has 0 saturated carbocycles. The van der Waals surface area contributed by atoms with Gasteiger partial charge in [0.2, 0.25) is 5.91 Å². The normalized spacial score (nSPS) is 15.4. The van der Waals surface area contributed by atoms with E-state index in [1.54, 1.807) is 0 Å². The summed E-state index contributed by atoms with van der Waals surface area (Å²) < 4.78 is 5.27. The highest BCUT2D eigenvalue weighted by molar-refractivity contribution is 5.85. The number of nitrogens with zero attached hydrogens (tertiary/aromatic N) is 1. The summed E-state index contributed by atoms with van der Waals surface area (Å²) in [6.45, 7) is 6.09. The molecule has 0 spiro atoms. The Kier molecular flexibility index (Phi) is 15.0. The van der Waals surface area contributed by atoms with Crippen molar-refractivity contribution >= 4 is 30.7 Å². The first kappa shape index (κ1) is 20.3. The summed E-state index contributed by atoms with van der Waals surface area (Å²) in [7, 11) is 0. The molecule has 0 aromatic rings. The van der Waals surface area contributed by atoms with Crippen molar-refractivity contribution in [3.05, 3.63) is 0 Å². The van der Waals surface area contributed by atoms with Crippen molar-refractivity contribution in [2.75, 3.05) is 45.9 Å². The monoisotopic (exact) mass is 301 g/mol. The lowest BCUT2D eigenvalue weighted by atomic mass is 10.3. The minimum Gasteiger partial charge on any atom is -0.379 e. The highest BCUT2D eigenvalue weighted by Crippen LogP contribution is 1.97. The average molecular weight is 302 g/mol. The Morgan fingerprint density at radius 1 is 1.22 bits per heavy atom. The first-order valence-electron chi connectivity index (χ1n) is 6.10. The lowest BCUT2D eigenvalue weighted by Crippen LogP contribution is -2.38. The van der Waals surface area contributed by atoms with Crippen LogP contribution < -0.4 is 11.1 Å². The smallest absolute Gasteiger partial charge is 0.220 e. The van der Waals surface area contributed by atoms with Crippen LogP contribution >= 0.6 is 24.8 Å². The summed E-state index contributed by atoms with van der Waals surface area (Å²) >= 11 is 0. The van der Waals surface area contributed by atoms with Crippen molar-refractivity contribution in [2.45, 2.75) is 19.3 Å². The number of nitrogens with one attached hydrogen (secondary N) is 1. The zero-order chi connectivity index (χ0) is 11.6. The van der Waals surface area contributed by atoms with Gasteiger partial charge in [0.25, 0.3) is 0 Å². The summed E-state index contributed by atoms with van der Waals surface area (Å²) in [6.07, 6.45) is 2.33. The average Bonchev–Trinajstić information content (AvgIpc) is 2.33. The van der Waals surface area contributed by atoms with E-state index in [1.807, 2.05) is 0 Å². The van der Waals surface area contributed by atoms with Crippen LogP contribution in [0.3, 0.4) is 0 Å². The molecule has 0 bridgehead atoms. The van der Waals surface area contributed by atoms with Gasteiger partial charge >= 0.3 is 0 Å². The van der Waals surface area contributed by atoms with E-state index >= 15 is 0 Å². The molecule has 0 aromatic carbocycles. The summed E-state index contributed by atoms with van der Waals surface area (Å²) in [5, 5.41) is 2.90. The van der Waals surface area contributed by atoms with Crippen LogP contribution in [-0.2, 0) is 9.53 Å². The molecular weight excluding hydrogens is 277 g/mol. The minimum absolute atomic E-state index is 0. The van der Waals surface area contributed by atoms with E-state index in [4.69, 9.17) is 10.5 Å². The van der Waals surface area contributed by atoms with Gasteiger partial charge in [-0.3, -0.25) is 9.69 Å². The number of hydrogen-bond donors (Lipinski definition) is 2. The summed E-state index contributed by atoms with van der Waals surface area (Å²) in [5.41, 5.74) is 5.33. The van der Waals surface area contributed by atoms with Gasteiger partial charge in [0.1, 0.15) is 0 Å². The summed E-state index contributed by atoms with van der Waals surface area (Å²) in [5.74, 6) is 0.118. The van der Waals surface area contributed by atoms with E-state index in [1.165, 1.54) is 0 Å². The number of amides is 1. The molecule has 1 saturated heterocycles. The Morgan fingerprint density at radius 2 is 1.89 bits per heavy atom. The predicted molar refractivity (Wildman–Crippen MR) is 77.7 cm³/mol. The first-order valence-corrected chi connectivity index (χ1v) is 6.10. The van der Waals surface area contributed by atoms with Crippen molar-refractivity contribution in [1.29, 1.82) is 0 Å². The fourth-order valence-corrected chi connectivity index (χ4v) is 1.71. The molecule has 5 nitrogen and oxygen atoms in total. The molecule has 1 fully saturated rings. The van der Waals surface area contributed by atoms with Gasteiger partial charge in [0.15, 0.2) is 0 Å². The zero-order valence-electron chi connectivity index (χ0n) is 10.7. The standard InChI is InChI=1S/C11H23N3O2.2ClH/c12-4-1-3-11(15)13-5-2-6-14-7-9-16-10-8-14;;/h1-10,12H2,(H,13,15);2*1H. The zero-order valence-corrected chi connectivity index (χ0v) is 12.4. The van der Waals surface area contributed by atoms with Crippen LogP contribution in [0.25, 0.3) is 0 Å². The van der Waals surface area contributed by atoms with Gasteiger partial charge in [0, 0.05) is 26.1 Å². The van der Waals surface area contributed by atoms with Crippen LogP contribution in [0.4, 0.5) is 0 Å². The molecule has 0 atom stereocenters. The van der Waals surface area contributed by atoms with Gasteiger partial charge in [-0.25, -0.2) is 0 Å². The molecule has 1 aliphatic rings. The molecular formula is C11H25Cl2N3O2. The Morgan fingerprint density at radius 3 is 2.50 bits per heavy atom. The maximum absolute atomic E-state index is 11.3. The molecule has 0 unspecified atom stereocenters. The van der Waals surface area contributed by atoms with Gasteiger partial charge in [0.05, 0.1) is 13.2 Å². The highest BCUT2D eigenvalue weighted by atomic mass is 35.5. The molecule has 0 aliphatic carbocycles. The molecule has 7 heteroatoms. The van der Waals surface area contributed by atoms with E-state index in [0.717, 1.165) is 52.2 Å². The van der Waals surface area contributed by atoms with E-state index in [2.05, 4.69) is 10.2 Å². The lowest BCUT2D eigenvalue weighted by molar-refractivity contribution is -0.121. The van der Waals surface area contributed by atoms with Crippen molar-refractivity contribution < 1.29 is 9.53 Å². The fourth-order valence-electron chi connectivity index (χ4n) is 1.71. The quantitative estimate of drug-likeness (QED) is 0.668. The second kappa shape index (κ2) is 13.4. The van der Waals surface area contributed by atoms with Gasteiger partial charge in [-0.15, -0.1) is 24.8 Å². The Bertz CT molecular complexity index is 203. The van der Waals surface area contributed by atoms with Crippen molar-refractivity contribution in [2.24, 2.45) is 5.73 Å². The number of halogens is 2. The van der Waals surface area contributed by atoms with Crippen LogP contribution in [-0.4, -0.2) is 56.7 Å². The fraction of sp³-hybridized carbons (Fsp3) is 0.909. The minimum atomic E-state index is 0. The number of nitrogens with two attached hydrogens (primary N) is 1. The number of hydrogen-bond acceptors (Lipinski definition) is 4. The third kappa shape index (κ3) is 9.91. The number of morpholine rings is 1. The predicted octanol–water partition coefficient (Wildman–Crippen LogP) is 0.407. The van der Waals surface area contributed by atoms with Crippen LogP contribution in [0, 0.1) is 0 Å². The first-order chi connectivity index (χ1) is 7.83. The molecule has 110 valence electrons. The van der Waals surface area contributed by atoms with E-state index in [-0.39, 0.29) is 30.7 Å². The van der Waals surface area contributed by atoms with Crippen molar-refractivity contribution in [3.8, 4) is 0 Å². The topological polar surface area (TPSA) is 67.6 Å². The molecule has 1 rings (SSSR count). The number of ether oxygens (including phenoxy) is 1. The van der Waals surface area contributed by atoms with Crippen molar-refractivity contribution in [3.63, 3.8) is 0 Å². The third-order valence-electron chi connectivity index (χ3n) is 2.68. The Labute approximate surface area is 122 Å². The van der Waals surface area contributed by atoms with Crippen molar-refractivity contribution in [1.82, 2.24) is 10.2 Å². The van der Waals surface area contributed by atoms with Crippen LogP contribution in [0.5, 0.6) is 0 Å². The maximum Gasteiger partial charge on any atom is 0.220 e. The van der Waals surface area contributed by atoms with Crippen LogP contribution in [0.1, 0.15) is 19.3 Å². The second-order valence-electron chi connectivity index (χ2n) is 4.05. The largest absolute Gasteiger partial charge is 0.379 e. The van der Waals surface area contributed by atoms with E-state index < -0.39 is 0 Å². The van der Waals surface area contributed by atoms with Gasteiger partial charge in [-0.2, -0.15) is 0 Å². The van der Waals surface area contributed by atoms with E-state index in [9.17, 15) is 4.79 Å². The lowest BCUT2D eigenvalue weighted by Gasteiger charge is -2.26. The molecule has 1 amide bonds. The second-order valence-corrected chi connectivity index (χ2v) is 4.05. The number of carbonyl (C=O) groups is 1. The van der Waals surface area contributed by atoms with Gasteiger partial charge < -0.3 is 15.8 Å². The number of rotatable bonds is 7. The molecule has 3 N–H and O–H groups in total. The summed E-state index contributed by atoms with van der Waals surface area (Å²) in [4.78, 5) is 13.6.